The van der Waals surface area contributed by atoms with Crippen molar-refractivity contribution in [2.45, 2.75) is 32.7 Å². The Hall–Kier alpha value is -1.84. The van der Waals surface area contributed by atoms with Gasteiger partial charge in [-0.2, -0.15) is 5.10 Å². The van der Waals surface area contributed by atoms with Crippen molar-refractivity contribution in [3.63, 3.8) is 0 Å². The predicted molar refractivity (Wildman–Crippen MR) is 73.3 cm³/mol. The van der Waals surface area contributed by atoms with Crippen LogP contribution in [0.5, 0.6) is 5.75 Å². The van der Waals surface area contributed by atoms with Gasteiger partial charge in [-0.25, -0.2) is 9.67 Å². The summed E-state index contributed by atoms with van der Waals surface area (Å²) < 4.78 is 7.23. The van der Waals surface area contributed by atoms with Crippen LogP contribution < -0.4 is 4.74 Å². The van der Waals surface area contributed by atoms with Gasteiger partial charge in [0.15, 0.2) is 5.82 Å². The summed E-state index contributed by atoms with van der Waals surface area (Å²) in [4.78, 5) is 4.66. The molecule has 2 heterocycles. The van der Waals surface area contributed by atoms with E-state index in [-0.39, 0.29) is 0 Å². The van der Waals surface area contributed by atoms with E-state index < -0.39 is 0 Å². The van der Waals surface area contributed by atoms with Crippen molar-refractivity contribution in [2.24, 2.45) is 5.92 Å². The Bertz CT molecular complexity index is 559. The third-order valence-electron chi connectivity index (χ3n) is 3.68. The lowest BCUT2D eigenvalue weighted by Gasteiger charge is -2.17. The lowest BCUT2D eigenvalue weighted by atomic mass is 10.0. The summed E-state index contributed by atoms with van der Waals surface area (Å²) in [5.74, 6) is 3.68. The van der Waals surface area contributed by atoms with Crippen molar-refractivity contribution < 1.29 is 4.74 Å². The molecule has 1 aromatic carbocycles. The highest BCUT2D eigenvalue weighted by Crippen LogP contribution is 2.19. The summed E-state index contributed by atoms with van der Waals surface area (Å²) in [6.45, 7) is 3.29. The van der Waals surface area contributed by atoms with Crippen LogP contribution in [0.3, 0.4) is 0 Å². The van der Waals surface area contributed by atoms with Gasteiger partial charge in [0.1, 0.15) is 11.6 Å². The SMILES string of the molecule is COc1ccc(Cc2nc3n(n2)CCC(C)C3)cc1. The van der Waals surface area contributed by atoms with E-state index in [1.165, 1.54) is 12.0 Å². The molecule has 1 atom stereocenters. The molecule has 1 aromatic heterocycles. The summed E-state index contributed by atoms with van der Waals surface area (Å²) in [7, 11) is 1.68. The molecular weight excluding hydrogens is 238 g/mol. The Labute approximate surface area is 113 Å². The molecule has 19 heavy (non-hydrogen) atoms. The second kappa shape index (κ2) is 5.03. The molecule has 3 rings (SSSR count). The minimum atomic E-state index is 0.727. The first-order valence-electron chi connectivity index (χ1n) is 6.80. The second-order valence-electron chi connectivity index (χ2n) is 5.29. The molecule has 0 aliphatic carbocycles. The molecule has 1 aliphatic rings. The number of aryl methyl sites for hydroxylation is 1. The predicted octanol–water partition coefficient (Wildman–Crippen LogP) is 2.46. The zero-order valence-corrected chi connectivity index (χ0v) is 11.5. The van der Waals surface area contributed by atoms with Crippen molar-refractivity contribution in [2.75, 3.05) is 7.11 Å². The molecule has 0 bridgehead atoms. The van der Waals surface area contributed by atoms with Gasteiger partial charge in [0.05, 0.1) is 7.11 Å². The first-order valence-corrected chi connectivity index (χ1v) is 6.80. The van der Waals surface area contributed by atoms with Gasteiger partial charge < -0.3 is 4.74 Å². The van der Waals surface area contributed by atoms with E-state index in [0.717, 1.165) is 42.7 Å². The highest BCUT2D eigenvalue weighted by atomic mass is 16.5. The quantitative estimate of drug-likeness (QED) is 0.848. The molecule has 4 nitrogen and oxygen atoms in total. The Morgan fingerprint density at radius 1 is 1.32 bits per heavy atom. The van der Waals surface area contributed by atoms with Crippen LogP contribution in [0.25, 0.3) is 0 Å². The number of fused-ring (bicyclic) bond motifs is 1. The molecular formula is C15H19N3O. The zero-order valence-electron chi connectivity index (χ0n) is 11.5. The van der Waals surface area contributed by atoms with Crippen molar-refractivity contribution in [3.05, 3.63) is 41.5 Å². The van der Waals surface area contributed by atoms with Crippen LogP contribution in [-0.2, 0) is 19.4 Å². The number of nitrogens with zero attached hydrogens (tertiary/aromatic N) is 3. The van der Waals surface area contributed by atoms with Gasteiger partial charge in [0.25, 0.3) is 0 Å². The van der Waals surface area contributed by atoms with Gasteiger partial charge >= 0.3 is 0 Å². The number of aromatic nitrogens is 3. The highest BCUT2D eigenvalue weighted by Gasteiger charge is 2.18. The van der Waals surface area contributed by atoms with Gasteiger partial charge in [0, 0.05) is 19.4 Å². The molecule has 100 valence electrons. The maximum absolute atomic E-state index is 5.16. The fraction of sp³-hybridized carbons (Fsp3) is 0.467. The van der Waals surface area contributed by atoms with Gasteiger partial charge in [0.2, 0.25) is 0 Å². The highest BCUT2D eigenvalue weighted by molar-refractivity contribution is 5.28. The number of hydrogen-bond donors (Lipinski definition) is 0. The fourth-order valence-electron chi connectivity index (χ4n) is 2.51. The second-order valence-corrected chi connectivity index (χ2v) is 5.29. The monoisotopic (exact) mass is 257 g/mol. The van der Waals surface area contributed by atoms with Gasteiger partial charge in [-0.05, 0) is 30.0 Å². The Morgan fingerprint density at radius 2 is 2.11 bits per heavy atom. The fourth-order valence-corrected chi connectivity index (χ4v) is 2.51. The standard InChI is InChI=1S/C15H19N3O/c1-11-7-8-18-15(9-11)16-14(17-18)10-12-3-5-13(19-2)6-4-12/h3-6,11H,7-10H2,1-2H3. The Balaban J connectivity index is 1.76. The smallest absolute Gasteiger partial charge is 0.155 e. The van der Waals surface area contributed by atoms with E-state index in [2.05, 4.69) is 33.8 Å². The van der Waals surface area contributed by atoms with Crippen molar-refractivity contribution in [3.8, 4) is 5.75 Å². The van der Waals surface area contributed by atoms with Gasteiger partial charge in [-0.3, -0.25) is 0 Å². The number of hydrogen-bond acceptors (Lipinski definition) is 3. The topological polar surface area (TPSA) is 39.9 Å². The lowest BCUT2D eigenvalue weighted by Crippen LogP contribution is -2.18. The molecule has 0 N–H and O–H groups in total. The number of rotatable bonds is 3. The Morgan fingerprint density at radius 3 is 2.84 bits per heavy atom. The van der Waals surface area contributed by atoms with Crippen LogP contribution in [-0.4, -0.2) is 21.9 Å². The van der Waals surface area contributed by atoms with E-state index in [1.54, 1.807) is 7.11 Å². The summed E-state index contributed by atoms with van der Waals surface area (Å²) in [6, 6.07) is 8.10. The average molecular weight is 257 g/mol. The van der Waals surface area contributed by atoms with E-state index >= 15 is 0 Å². The summed E-state index contributed by atoms with van der Waals surface area (Å²) in [6.07, 6.45) is 3.05. The minimum Gasteiger partial charge on any atom is -0.497 e. The van der Waals surface area contributed by atoms with E-state index in [9.17, 15) is 0 Å². The van der Waals surface area contributed by atoms with Crippen LogP contribution in [0, 0.1) is 5.92 Å². The molecule has 1 unspecified atom stereocenters. The third kappa shape index (κ3) is 2.62. The van der Waals surface area contributed by atoms with Crippen LogP contribution in [0.2, 0.25) is 0 Å². The van der Waals surface area contributed by atoms with Crippen LogP contribution in [0.1, 0.15) is 30.6 Å². The van der Waals surface area contributed by atoms with Crippen molar-refractivity contribution in [1.29, 1.82) is 0 Å². The molecule has 0 radical (unpaired) electrons. The largest absolute Gasteiger partial charge is 0.497 e. The molecule has 0 saturated carbocycles. The van der Waals surface area contributed by atoms with Crippen molar-refractivity contribution in [1.82, 2.24) is 14.8 Å². The third-order valence-corrected chi connectivity index (χ3v) is 3.68. The molecule has 0 saturated heterocycles. The molecule has 0 amide bonds. The van der Waals surface area contributed by atoms with Gasteiger partial charge in [-0.15, -0.1) is 0 Å². The molecule has 0 spiro atoms. The molecule has 2 aromatic rings. The maximum atomic E-state index is 5.16. The zero-order chi connectivity index (χ0) is 13.2. The summed E-state index contributed by atoms with van der Waals surface area (Å²) >= 11 is 0. The molecule has 1 aliphatic heterocycles. The summed E-state index contributed by atoms with van der Waals surface area (Å²) in [5.41, 5.74) is 1.22. The van der Waals surface area contributed by atoms with E-state index in [0.29, 0.717) is 0 Å². The number of benzene rings is 1. The molecule has 0 fully saturated rings. The average Bonchev–Trinajstić information content (AvgIpc) is 2.81. The number of methoxy groups -OCH3 is 1. The van der Waals surface area contributed by atoms with E-state index in [1.807, 2.05) is 12.1 Å². The molecule has 4 heteroatoms. The first-order chi connectivity index (χ1) is 9.24. The lowest BCUT2D eigenvalue weighted by molar-refractivity contribution is 0.385. The van der Waals surface area contributed by atoms with Crippen LogP contribution >= 0.6 is 0 Å². The van der Waals surface area contributed by atoms with E-state index in [4.69, 9.17) is 4.74 Å². The normalized spacial score (nSPS) is 18.1. The van der Waals surface area contributed by atoms with Crippen molar-refractivity contribution >= 4 is 0 Å². The van der Waals surface area contributed by atoms with Crippen LogP contribution in [0.4, 0.5) is 0 Å². The summed E-state index contributed by atoms with van der Waals surface area (Å²) in [5, 5.41) is 4.60. The Kier molecular flexibility index (Phi) is 3.23. The first kappa shape index (κ1) is 12.2. The van der Waals surface area contributed by atoms with Crippen LogP contribution in [0.15, 0.2) is 24.3 Å². The van der Waals surface area contributed by atoms with Gasteiger partial charge in [-0.1, -0.05) is 19.1 Å². The number of ether oxygens (including phenoxy) is 1. The maximum Gasteiger partial charge on any atom is 0.155 e. The minimum absolute atomic E-state index is 0.727.